The number of carbonyl (C=O) groups is 4. The summed E-state index contributed by atoms with van der Waals surface area (Å²) < 4.78 is 68.8. The van der Waals surface area contributed by atoms with E-state index < -0.39 is 97.5 Å². The summed E-state index contributed by atoms with van der Waals surface area (Å²) in [6, 6.07) is 0. The Kier molecular flexibility index (Phi) is 78.6. The second-order valence-corrected chi connectivity index (χ2v) is 31.6. The van der Waals surface area contributed by atoms with Crippen molar-refractivity contribution in [2.24, 2.45) is 0 Å². The monoisotopic (exact) mass is 1580 g/mol. The normalized spacial score (nSPS) is 14.4. The van der Waals surface area contributed by atoms with E-state index in [1.54, 1.807) is 0 Å². The summed E-state index contributed by atoms with van der Waals surface area (Å²) in [4.78, 5) is 73.3. The number of hydrogen-bond donors (Lipinski definition) is 3. The van der Waals surface area contributed by atoms with Gasteiger partial charge in [0.05, 0.1) is 26.4 Å². The summed E-state index contributed by atoms with van der Waals surface area (Å²) in [6.45, 7) is 4.68. The van der Waals surface area contributed by atoms with Crippen LogP contribution in [0.2, 0.25) is 0 Å². The van der Waals surface area contributed by atoms with Crippen molar-refractivity contribution in [2.45, 2.75) is 380 Å². The highest BCUT2D eigenvalue weighted by Crippen LogP contribution is 2.45. The van der Waals surface area contributed by atoms with Crippen molar-refractivity contribution in [3.05, 3.63) is 134 Å². The molecular weight excluding hydrogens is 1430 g/mol. The molecule has 110 heavy (non-hydrogen) atoms. The molecule has 0 fully saturated rings. The highest BCUT2D eigenvalue weighted by molar-refractivity contribution is 7.47. The first-order valence-electron chi connectivity index (χ1n) is 43.4. The summed E-state index contributed by atoms with van der Waals surface area (Å²) in [7, 11) is -9.99. The van der Waals surface area contributed by atoms with E-state index >= 15 is 0 Å². The van der Waals surface area contributed by atoms with E-state index in [0.29, 0.717) is 25.7 Å². The lowest BCUT2D eigenvalue weighted by molar-refractivity contribution is -0.161. The van der Waals surface area contributed by atoms with Gasteiger partial charge in [0.1, 0.15) is 19.3 Å². The molecule has 0 aromatic rings. The summed E-state index contributed by atoms with van der Waals surface area (Å²) in [5, 5.41) is 10.7. The number of aliphatic hydroxyl groups is 1. The van der Waals surface area contributed by atoms with Gasteiger partial charge in [0.25, 0.3) is 0 Å². The topological polar surface area (TPSA) is 237 Å². The van der Waals surface area contributed by atoms with E-state index in [4.69, 9.17) is 37.0 Å². The molecule has 0 aliphatic carbocycles. The second-order valence-electron chi connectivity index (χ2n) is 28.7. The minimum absolute atomic E-state index is 0.0744. The first-order chi connectivity index (χ1) is 53.7. The Morgan fingerprint density at radius 1 is 0.264 bits per heavy atom. The first-order valence-corrected chi connectivity index (χ1v) is 46.4. The van der Waals surface area contributed by atoms with Crippen molar-refractivity contribution in [1.82, 2.24) is 0 Å². The van der Waals surface area contributed by atoms with Gasteiger partial charge in [0.2, 0.25) is 0 Å². The highest BCUT2D eigenvalue weighted by Gasteiger charge is 2.30. The van der Waals surface area contributed by atoms with Crippen LogP contribution in [0.25, 0.3) is 0 Å². The van der Waals surface area contributed by atoms with Gasteiger partial charge in [0.15, 0.2) is 12.2 Å². The Labute approximate surface area is 669 Å². The van der Waals surface area contributed by atoms with Crippen LogP contribution in [0.5, 0.6) is 0 Å². The molecule has 0 aliphatic rings. The van der Waals surface area contributed by atoms with E-state index in [-0.39, 0.29) is 25.7 Å². The Bertz CT molecular complexity index is 2600. The predicted octanol–water partition coefficient (Wildman–Crippen LogP) is 26.0. The first kappa shape index (κ1) is 105. The fourth-order valence-electron chi connectivity index (χ4n) is 11.5. The zero-order chi connectivity index (χ0) is 80.3. The number of hydrogen-bond acceptors (Lipinski definition) is 15. The van der Waals surface area contributed by atoms with Gasteiger partial charge in [-0.15, -0.1) is 0 Å². The van der Waals surface area contributed by atoms with Crippen LogP contribution in [0.4, 0.5) is 0 Å². The maximum Gasteiger partial charge on any atom is 0.472 e. The van der Waals surface area contributed by atoms with Gasteiger partial charge in [-0.2, -0.15) is 0 Å². The molecule has 19 heteroatoms. The zero-order valence-electron chi connectivity index (χ0n) is 69.4. The predicted molar refractivity (Wildman–Crippen MR) is 454 cm³/mol. The third-order valence-corrected chi connectivity index (χ3v) is 20.0. The summed E-state index contributed by atoms with van der Waals surface area (Å²) in [6.07, 6.45) is 94.0. The molecule has 3 N–H and O–H groups in total. The molecule has 0 heterocycles. The number of esters is 4. The summed E-state index contributed by atoms with van der Waals surface area (Å²) in [5.74, 6) is -2.23. The molecule has 5 atom stereocenters. The Morgan fingerprint density at radius 3 is 0.755 bits per heavy atom. The maximum absolute atomic E-state index is 13.2. The van der Waals surface area contributed by atoms with Gasteiger partial charge < -0.3 is 33.8 Å². The lowest BCUT2D eigenvalue weighted by Crippen LogP contribution is -2.30. The molecule has 0 saturated carbocycles. The van der Waals surface area contributed by atoms with Crippen LogP contribution < -0.4 is 0 Å². The van der Waals surface area contributed by atoms with E-state index in [1.807, 2.05) is 0 Å². The fraction of sp³-hybridized carbons (Fsp3) is 0.714. The standard InChI is InChI=1S/C91H156O17P2/c1-5-9-13-17-21-25-29-33-37-40-42-45-49-52-56-60-64-68-72-76-89(94)102-82-87(108-91(96)78-74-70-66-62-58-54-50-46-43-41-38-34-30-26-22-18-14-10-6-2)84-106-110(99,100)104-80-85(92)79-103-109(97,98)105-83-86(107-90(95)77-73-69-65-61-57-53-47-36-32-28-24-20-16-12-8-4)81-101-88(93)75-71-67-63-59-55-51-48-44-39-35-31-27-23-19-15-11-7-3/h11,15,21-23,25-27,33-39,42-43,45-48,51,85-87,92H,5-10,12-14,16-20,24,28-32,40-41,44,49-50,52-84H2,1-4H3,(H,97,98)(H,99,100)/b15-11-,25-21-,26-22-,27-23-,37-33-,38-34-,39-35-,45-42-,46-43-,47-36-,51-48-. The number of ether oxygens (including phenoxy) is 4. The largest absolute Gasteiger partial charge is 0.472 e. The summed E-state index contributed by atoms with van der Waals surface area (Å²) in [5.41, 5.74) is 0. The van der Waals surface area contributed by atoms with Gasteiger partial charge in [0, 0.05) is 25.7 Å². The number of allylic oxidation sites excluding steroid dienone is 22. The molecule has 0 spiro atoms. The molecule has 0 rings (SSSR count). The van der Waals surface area contributed by atoms with E-state index in [2.05, 4.69) is 161 Å². The number of carbonyl (C=O) groups excluding carboxylic acids is 4. The van der Waals surface area contributed by atoms with Gasteiger partial charge in [-0.1, -0.05) is 303 Å². The van der Waals surface area contributed by atoms with E-state index in [0.717, 1.165) is 205 Å². The molecule has 17 nitrogen and oxygen atoms in total. The van der Waals surface area contributed by atoms with Crippen LogP contribution in [0, 0.1) is 0 Å². The average molecular weight is 1580 g/mol. The smallest absolute Gasteiger partial charge is 0.462 e. The Morgan fingerprint density at radius 2 is 0.473 bits per heavy atom. The van der Waals surface area contributed by atoms with Gasteiger partial charge in [-0.25, -0.2) is 9.13 Å². The Hall–Kier alpha value is -4.80. The number of phosphoric ester groups is 2. The third-order valence-electron chi connectivity index (χ3n) is 18.1. The lowest BCUT2D eigenvalue weighted by atomic mass is 10.1. The van der Waals surface area contributed by atoms with Gasteiger partial charge in [-0.05, 0) is 167 Å². The molecule has 0 bridgehead atoms. The zero-order valence-corrected chi connectivity index (χ0v) is 71.2. The highest BCUT2D eigenvalue weighted by atomic mass is 31.2. The molecule has 0 aromatic heterocycles. The number of aliphatic hydroxyl groups excluding tert-OH is 1. The van der Waals surface area contributed by atoms with E-state index in [1.165, 1.54) is 77.0 Å². The van der Waals surface area contributed by atoms with Crippen LogP contribution in [-0.4, -0.2) is 96.7 Å². The molecule has 0 radical (unpaired) electrons. The molecule has 0 amide bonds. The van der Waals surface area contributed by atoms with Crippen molar-refractivity contribution in [2.75, 3.05) is 39.6 Å². The van der Waals surface area contributed by atoms with Crippen molar-refractivity contribution in [3.63, 3.8) is 0 Å². The minimum atomic E-state index is -5.00. The van der Waals surface area contributed by atoms with Crippen LogP contribution in [0.3, 0.4) is 0 Å². The van der Waals surface area contributed by atoms with Crippen LogP contribution >= 0.6 is 15.6 Å². The van der Waals surface area contributed by atoms with Crippen molar-refractivity contribution < 1.29 is 80.2 Å². The van der Waals surface area contributed by atoms with Crippen LogP contribution in [0.1, 0.15) is 362 Å². The number of unbranched alkanes of at least 4 members (excludes halogenated alkanes) is 33. The van der Waals surface area contributed by atoms with Crippen LogP contribution in [-0.2, 0) is 65.4 Å². The SMILES string of the molecule is CC/C=C\C/C=C\C/C=C\C/C=C\CCCCCCC(=O)OCC(COP(=O)(O)OCC(O)COP(=O)(O)OCC(COC(=O)CCCCCCCC/C=C\C/C=C\C/C=C\CCCCC)OC(=O)CCCCCCCC/C=C\C/C=C\C/C=C\CCCCC)OC(=O)CCCCCCC/C=C\CCCCCCCC. The minimum Gasteiger partial charge on any atom is -0.462 e. The van der Waals surface area contributed by atoms with Gasteiger partial charge >= 0.3 is 39.5 Å². The van der Waals surface area contributed by atoms with E-state index in [9.17, 15) is 43.2 Å². The van der Waals surface area contributed by atoms with Crippen molar-refractivity contribution >= 4 is 39.5 Å². The van der Waals surface area contributed by atoms with Gasteiger partial charge in [-0.3, -0.25) is 37.3 Å². The maximum atomic E-state index is 13.2. The second kappa shape index (κ2) is 82.2. The molecule has 0 aromatic carbocycles. The summed E-state index contributed by atoms with van der Waals surface area (Å²) >= 11 is 0. The van der Waals surface area contributed by atoms with Crippen LogP contribution in [0.15, 0.2) is 134 Å². The lowest BCUT2D eigenvalue weighted by Gasteiger charge is -2.21. The quantitative estimate of drug-likeness (QED) is 0.0169. The van der Waals surface area contributed by atoms with Crippen molar-refractivity contribution in [1.29, 1.82) is 0 Å². The molecule has 5 unspecified atom stereocenters. The average Bonchev–Trinajstić information content (AvgIpc) is 0.911. The molecule has 0 aliphatic heterocycles. The molecule has 632 valence electrons. The number of phosphoric acid groups is 2. The third kappa shape index (κ3) is 81.2. The van der Waals surface area contributed by atoms with Crippen molar-refractivity contribution in [3.8, 4) is 0 Å². The molecular formula is C91H156O17P2. The fourth-order valence-corrected chi connectivity index (χ4v) is 13.0. The Balaban J connectivity index is 5.43. The number of rotatable bonds is 81. The molecule has 0 saturated heterocycles.